The Hall–Kier alpha value is -3.48. The van der Waals surface area contributed by atoms with Crippen molar-refractivity contribution >= 4 is 23.6 Å². The fourth-order valence-corrected chi connectivity index (χ4v) is 2.47. The van der Waals surface area contributed by atoms with Crippen LogP contribution in [0, 0.1) is 0 Å². The van der Waals surface area contributed by atoms with Crippen molar-refractivity contribution in [2.45, 2.75) is 20.0 Å². The molecule has 29 heavy (non-hydrogen) atoms. The van der Waals surface area contributed by atoms with E-state index < -0.39 is 18.0 Å². The largest absolute Gasteiger partial charge is 0.493 e. The zero-order chi connectivity index (χ0) is 21.2. The first kappa shape index (κ1) is 21.8. The van der Waals surface area contributed by atoms with Gasteiger partial charge in [0.15, 0.2) is 17.6 Å². The highest BCUT2D eigenvalue weighted by molar-refractivity contribution is 5.97. The molecular weight excluding hydrogens is 374 g/mol. The Morgan fingerprint density at radius 3 is 2.45 bits per heavy atom. The molecule has 0 aromatic heterocycles. The number of ether oxygens (including phenoxy) is 4. The van der Waals surface area contributed by atoms with Crippen molar-refractivity contribution in [2.24, 2.45) is 0 Å². The Kier molecular flexibility index (Phi) is 8.09. The number of esters is 1. The van der Waals surface area contributed by atoms with Crippen LogP contribution < -0.4 is 19.5 Å². The van der Waals surface area contributed by atoms with E-state index in [1.807, 2.05) is 13.0 Å². The predicted molar refractivity (Wildman–Crippen MR) is 110 cm³/mol. The Bertz CT molecular complexity index is 877. The summed E-state index contributed by atoms with van der Waals surface area (Å²) < 4.78 is 21.0. The SMILES string of the molecule is CCOc1ccccc1NC(=O)[C@H](C)OC(=O)/C=C/c1ccc(OC)c(OC)c1. The second-order valence-electron chi connectivity index (χ2n) is 5.95. The molecule has 7 nitrogen and oxygen atoms in total. The molecule has 2 aromatic carbocycles. The highest BCUT2D eigenvalue weighted by Crippen LogP contribution is 2.28. The maximum Gasteiger partial charge on any atom is 0.331 e. The van der Waals surface area contributed by atoms with Crippen molar-refractivity contribution in [3.63, 3.8) is 0 Å². The van der Waals surface area contributed by atoms with Gasteiger partial charge in [0, 0.05) is 6.08 Å². The Balaban J connectivity index is 1.96. The van der Waals surface area contributed by atoms with Crippen molar-refractivity contribution in [2.75, 3.05) is 26.1 Å². The molecular formula is C22H25NO6. The summed E-state index contributed by atoms with van der Waals surface area (Å²) in [6, 6.07) is 12.3. The van der Waals surface area contributed by atoms with E-state index in [0.717, 1.165) is 5.56 Å². The van der Waals surface area contributed by atoms with E-state index in [0.29, 0.717) is 29.5 Å². The third-order valence-electron chi connectivity index (χ3n) is 3.93. The average Bonchev–Trinajstić information content (AvgIpc) is 2.73. The molecule has 0 bridgehead atoms. The molecule has 0 aliphatic heterocycles. The van der Waals surface area contributed by atoms with Crippen LogP contribution in [0.2, 0.25) is 0 Å². The monoisotopic (exact) mass is 399 g/mol. The maximum absolute atomic E-state index is 12.3. The predicted octanol–water partition coefficient (Wildman–Crippen LogP) is 3.69. The minimum Gasteiger partial charge on any atom is -0.493 e. The summed E-state index contributed by atoms with van der Waals surface area (Å²) in [6.07, 6.45) is 1.84. The highest BCUT2D eigenvalue weighted by atomic mass is 16.5. The Morgan fingerprint density at radius 1 is 1.03 bits per heavy atom. The third kappa shape index (κ3) is 6.27. The van der Waals surface area contributed by atoms with Crippen LogP contribution in [-0.2, 0) is 14.3 Å². The number of rotatable bonds is 9. The van der Waals surface area contributed by atoms with Crippen molar-refractivity contribution in [1.82, 2.24) is 0 Å². The van der Waals surface area contributed by atoms with Gasteiger partial charge in [0.05, 0.1) is 26.5 Å². The molecule has 1 atom stereocenters. The molecule has 0 spiro atoms. The van der Waals surface area contributed by atoms with Gasteiger partial charge in [0.1, 0.15) is 5.75 Å². The van der Waals surface area contributed by atoms with E-state index in [1.165, 1.54) is 20.1 Å². The maximum atomic E-state index is 12.3. The summed E-state index contributed by atoms with van der Waals surface area (Å²) >= 11 is 0. The van der Waals surface area contributed by atoms with Crippen LogP contribution in [0.25, 0.3) is 6.08 Å². The summed E-state index contributed by atoms with van der Waals surface area (Å²) in [4.78, 5) is 24.4. The molecule has 154 valence electrons. The minimum atomic E-state index is -0.979. The first-order chi connectivity index (χ1) is 14.0. The van der Waals surface area contributed by atoms with Gasteiger partial charge >= 0.3 is 5.97 Å². The van der Waals surface area contributed by atoms with E-state index in [4.69, 9.17) is 18.9 Å². The second-order valence-corrected chi connectivity index (χ2v) is 5.95. The number of anilines is 1. The summed E-state index contributed by atoms with van der Waals surface area (Å²) in [5, 5.41) is 2.71. The molecule has 0 saturated carbocycles. The molecule has 7 heteroatoms. The lowest BCUT2D eigenvalue weighted by Gasteiger charge is -2.15. The number of methoxy groups -OCH3 is 2. The molecule has 0 aliphatic carbocycles. The molecule has 0 radical (unpaired) electrons. The van der Waals surface area contributed by atoms with Crippen LogP contribution in [-0.4, -0.2) is 38.8 Å². The smallest absolute Gasteiger partial charge is 0.331 e. The quantitative estimate of drug-likeness (QED) is 0.512. The minimum absolute atomic E-state index is 0.454. The van der Waals surface area contributed by atoms with E-state index in [1.54, 1.807) is 49.6 Å². The van der Waals surface area contributed by atoms with Gasteiger partial charge in [0.25, 0.3) is 5.91 Å². The first-order valence-corrected chi connectivity index (χ1v) is 9.11. The first-order valence-electron chi connectivity index (χ1n) is 9.11. The van der Waals surface area contributed by atoms with Gasteiger partial charge in [-0.25, -0.2) is 4.79 Å². The number of nitrogens with one attached hydrogen (secondary N) is 1. The topological polar surface area (TPSA) is 83.1 Å². The number of carbonyl (C=O) groups excluding carboxylic acids is 2. The van der Waals surface area contributed by atoms with E-state index in [2.05, 4.69) is 5.32 Å². The molecule has 0 unspecified atom stereocenters. The van der Waals surface area contributed by atoms with Crippen molar-refractivity contribution in [1.29, 1.82) is 0 Å². The standard InChI is InChI=1S/C22H25NO6/c1-5-28-18-9-7-6-8-17(18)23-22(25)15(2)29-21(24)13-11-16-10-12-19(26-3)20(14-16)27-4/h6-15H,5H2,1-4H3,(H,23,25)/b13-11+/t15-/m0/s1. The highest BCUT2D eigenvalue weighted by Gasteiger charge is 2.18. The number of benzene rings is 2. The summed E-state index contributed by atoms with van der Waals surface area (Å²) in [7, 11) is 3.08. The van der Waals surface area contributed by atoms with Crippen molar-refractivity contribution < 1.29 is 28.5 Å². The second kappa shape index (κ2) is 10.8. The summed E-state index contributed by atoms with van der Waals surface area (Å²) in [5.41, 5.74) is 1.24. The fraction of sp³-hybridized carbons (Fsp3) is 0.273. The lowest BCUT2D eigenvalue weighted by atomic mass is 10.2. The molecule has 0 fully saturated rings. The zero-order valence-electron chi connectivity index (χ0n) is 16.9. The zero-order valence-corrected chi connectivity index (χ0v) is 16.9. The van der Waals surface area contributed by atoms with E-state index in [-0.39, 0.29) is 0 Å². The van der Waals surface area contributed by atoms with Crippen LogP contribution >= 0.6 is 0 Å². The summed E-state index contributed by atoms with van der Waals surface area (Å²) in [6.45, 7) is 3.83. The van der Waals surface area contributed by atoms with Crippen LogP contribution in [0.5, 0.6) is 17.2 Å². The Labute approximate surface area is 170 Å². The van der Waals surface area contributed by atoms with Crippen molar-refractivity contribution in [3.05, 3.63) is 54.1 Å². The number of hydrogen-bond acceptors (Lipinski definition) is 6. The number of amides is 1. The summed E-state index contributed by atoms with van der Waals surface area (Å²) in [5.74, 6) is 0.592. The molecule has 2 aromatic rings. The average molecular weight is 399 g/mol. The van der Waals surface area contributed by atoms with Crippen LogP contribution in [0.4, 0.5) is 5.69 Å². The number of hydrogen-bond donors (Lipinski definition) is 1. The van der Waals surface area contributed by atoms with Gasteiger partial charge in [0.2, 0.25) is 0 Å². The molecule has 1 amide bonds. The molecule has 0 heterocycles. The normalized spacial score (nSPS) is 11.6. The van der Waals surface area contributed by atoms with Crippen LogP contribution in [0.1, 0.15) is 19.4 Å². The molecule has 0 saturated heterocycles. The molecule has 0 aliphatic rings. The van der Waals surface area contributed by atoms with Gasteiger partial charge < -0.3 is 24.3 Å². The van der Waals surface area contributed by atoms with Gasteiger partial charge in [-0.2, -0.15) is 0 Å². The van der Waals surface area contributed by atoms with Gasteiger partial charge in [-0.1, -0.05) is 18.2 Å². The molecule has 1 N–H and O–H groups in total. The van der Waals surface area contributed by atoms with Crippen LogP contribution in [0.3, 0.4) is 0 Å². The lowest BCUT2D eigenvalue weighted by molar-refractivity contribution is -0.148. The van der Waals surface area contributed by atoms with Gasteiger partial charge in [-0.3, -0.25) is 4.79 Å². The van der Waals surface area contributed by atoms with Crippen LogP contribution in [0.15, 0.2) is 48.5 Å². The van der Waals surface area contributed by atoms with Gasteiger partial charge in [-0.05, 0) is 49.8 Å². The van der Waals surface area contributed by atoms with E-state index >= 15 is 0 Å². The Morgan fingerprint density at radius 2 is 1.76 bits per heavy atom. The van der Waals surface area contributed by atoms with Crippen molar-refractivity contribution in [3.8, 4) is 17.2 Å². The number of para-hydroxylation sites is 2. The fourth-order valence-electron chi connectivity index (χ4n) is 2.47. The van der Waals surface area contributed by atoms with E-state index in [9.17, 15) is 9.59 Å². The number of carbonyl (C=O) groups is 2. The third-order valence-corrected chi connectivity index (χ3v) is 3.93. The molecule has 2 rings (SSSR count). The van der Waals surface area contributed by atoms with Gasteiger partial charge in [-0.15, -0.1) is 0 Å². The lowest BCUT2D eigenvalue weighted by Crippen LogP contribution is -2.29.